The average Bonchev–Trinajstić information content (AvgIpc) is 2.77. The Morgan fingerprint density at radius 1 is 1.06 bits per heavy atom. The molecule has 0 saturated heterocycles. The quantitative estimate of drug-likeness (QED) is 0.700. The standard InChI is InChI=1S/C15H9NO2/c16-9-14-15(10-4-2-1-3-5-10)12-8-11(17)6-7-13(12)18-14/h1-8,17H. The Labute approximate surface area is 104 Å². The molecule has 0 aliphatic rings. The van der Waals surface area contributed by atoms with Gasteiger partial charge in [0.2, 0.25) is 5.76 Å². The topological polar surface area (TPSA) is 57.2 Å². The van der Waals surface area contributed by atoms with Crippen molar-refractivity contribution in [2.75, 3.05) is 0 Å². The maximum Gasteiger partial charge on any atom is 0.212 e. The summed E-state index contributed by atoms with van der Waals surface area (Å²) >= 11 is 0. The zero-order chi connectivity index (χ0) is 12.5. The summed E-state index contributed by atoms with van der Waals surface area (Å²) in [5.74, 6) is 0.423. The molecule has 0 saturated carbocycles. The number of phenolic OH excluding ortho intramolecular Hbond substituents is 1. The molecule has 3 heteroatoms. The van der Waals surface area contributed by atoms with Crippen LogP contribution in [0.3, 0.4) is 0 Å². The Kier molecular flexibility index (Phi) is 2.28. The molecule has 2 aromatic carbocycles. The highest BCUT2D eigenvalue weighted by atomic mass is 16.3. The van der Waals surface area contributed by atoms with E-state index in [1.54, 1.807) is 18.2 Å². The van der Waals surface area contributed by atoms with Crippen molar-refractivity contribution in [3.8, 4) is 22.9 Å². The highest BCUT2D eigenvalue weighted by molar-refractivity contribution is 5.97. The summed E-state index contributed by atoms with van der Waals surface area (Å²) in [6.07, 6.45) is 0. The number of furan rings is 1. The molecule has 0 unspecified atom stereocenters. The molecule has 0 aliphatic heterocycles. The van der Waals surface area contributed by atoms with Crippen molar-refractivity contribution in [3.63, 3.8) is 0 Å². The maximum atomic E-state index is 9.56. The van der Waals surface area contributed by atoms with Crippen molar-refractivity contribution in [3.05, 3.63) is 54.3 Å². The molecule has 18 heavy (non-hydrogen) atoms. The average molecular weight is 235 g/mol. The number of aromatic hydroxyl groups is 1. The van der Waals surface area contributed by atoms with Crippen molar-refractivity contribution >= 4 is 11.0 Å². The zero-order valence-electron chi connectivity index (χ0n) is 9.42. The van der Waals surface area contributed by atoms with Crippen LogP contribution in [0.15, 0.2) is 52.9 Å². The summed E-state index contributed by atoms with van der Waals surface area (Å²) in [7, 11) is 0. The van der Waals surface area contributed by atoms with E-state index in [-0.39, 0.29) is 11.5 Å². The summed E-state index contributed by atoms with van der Waals surface area (Å²) in [6, 6.07) is 16.4. The maximum absolute atomic E-state index is 9.56. The van der Waals surface area contributed by atoms with E-state index in [9.17, 15) is 5.11 Å². The number of fused-ring (bicyclic) bond motifs is 1. The van der Waals surface area contributed by atoms with Crippen molar-refractivity contribution < 1.29 is 9.52 Å². The van der Waals surface area contributed by atoms with Gasteiger partial charge in [-0.05, 0) is 23.8 Å². The number of nitriles is 1. The second-order valence-corrected chi connectivity index (χ2v) is 3.96. The van der Waals surface area contributed by atoms with E-state index in [4.69, 9.17) is 9.68 Å². The molecule has 3 nitrogen and oxygen atoms in total. The van der Waals surface area contributed by atoms with Gasteiger partial charge in [-0.2, -0.15) is 5.26 Å². The van der Waals surface area contributed by atoms with Crippen LogP contribution in [0.1, 0.15) is 5.76 Å². The lowest BCUT2D eigenvalue weighted by Gasteiger charge is -1.98. The Balaban J connectivity index is 2.40. The third-order valence-corrected chi connectivity index (χ3v) is 2.84. The summed E-state index contributed by atoms with van der Waals surface area (Å²) in [5, 5.41) is 19.5. The van der Waals surface area contributed by atoms with Crippen LogP contribution in [0.5, 0.6) is 5.75 Å². The summed E-state index contributed by atoms with van der Waals surface area (Å²) < 4.78 is 5.49. The van der Waals surface area contributed by atoms with E-state index in [1.165, 1.54) is 0 Å². The van der Waals surface area contributed by atoms with Gasteiger partial charge in [0.15, 0.2) is 0 Å². The van der Waals surface area contributed by atoms with Gasteiger partial charge in [-0.1, -0.05) is 30.3 Å². The first-order valence-electron chi connectivity index (χ1n) is 5.50. The van der Waals surface area contributed by atoms with E-state index >= 15 is 0 Å². The van der Waals surface area contributed by atoms with E-state index in [0.29, 0.717) is 5.58 Å². The van der Waals surface area contributed by atoms with E-state index in [2.05, 4.69) is 6.07 Å². The number of nitrogens with zero attached hydrogens (tertiary/aromatic N) is 1. The number of rotatable bonds is 1. The van der Waals surface area contributed by atoms with Crippen LogP contribution in [0.2, 0.25) is 0 Å². The van der Waals surface area contributed by atoms with Crippen molar-refractivity contribution in [1.29, 1.82) is 5.26 Å². The number of hydrogen-bond acceptors (Lipinski definition) is 3. The van der Waals surface area contributed by atoms with Gasteiger partial charge in [0, 0.05) is 10.9 Å². The lowest BCUT2D eigenvalue weighted by molar-refractivity contribution is 0.476. The van der Waals surface area contributed by atoms with E-state index in [0.717, 1.165) is 16.5 Å². The number of hydrogen-bond donors (Lipinski definition) is 1. The molecule has 86 valence electrons. The zero-order valence-corrected chi connectivity index (χ0v) is 9.42. The minimum Gasteiger partial charge on any atom is -0.508 e. The highest BCUT2D eigenvalue weighted by Crippen LogP contribution is 2.35. The molecule has 0 fully saturated rings. The van der Waals surface area contributed by atoms with E-state index < -0.39 is 0 Å². The van der Waals surface area contributed by atoms with Crippen LogP contribution < -0.4 is 0 Å². The molecule has 0 spiro atoms. The van der Waals surface area contributed by atoms with Crippen molar-refractivity contribution in [2.45, 2.75) is 0 Å². The van der Waals surface area contributed by atoms with E-state index in [1.807, 2.05) is 30.3 Å². The predicted molar refractivity (Wildman–Crippen MR) is 68.0 cm³/mol. The Hall–Kier alpha value is -2.73. The first-order valence-corrected chi connectivity index (χ1v) is 5.50. The van der Waals surface area contributed by atoms with Crippen LogP contribution in [0.25, 0.3) is 22.1 Å². The van der Waals surface area contributed by atoms with Gasteiger partial charge in [-0.25, -0.2) is 0 Å². The number of benzene rings is 2. The first-order chi connectivity index (χ1) is 8.79. The van der Waals surface area contributed by atoms with Gasteiger partial charge < -0.3 is 9.52 Å². The normalized spacial score (nSPS) is 10.4. The second kappa shape index (κ2) is 3.94. The predicted octanol–water partition coefficient (Wildman–Crippen LogP) is 3.68. The van der Waals surface area contributed by atoms with Crippen LogP contribution in [0.4, 0.5) is 0 Å². The smallest absolute Gasteiger partial charge is 0.212 e. The lowest BCUT2D eigenvalue weighted by Crippen LogP contribution is -1.78. The third kappa shape index (κ3) is 1.52. The molecule has 1 aromatic heterocycles. The SMILES string of the molecule is N#Cc1oc2ccc(O)cc2c1-c1ccccc1. The van der Waals surface area contributed by atoms with Crippen molar-refractivity contribution in [1.82, 2.24) is 0 Å². The van der Waals surface area contributed by atoms with Gasteiger partial charge in [-0.15, -0.1) is 0 Å². The number of phenols is 1. The largest absolute Gasteiger partial charge is 0.508 e. The molecule has 0 amide bonds. The Bertz CT molecular complexity index is 751. The summed E-state index contributed by atoms with van der Waals surface area (Å²) in [4.78, 5) is 0. The fourth-order valence-electron chi connectivity index (χ4n) is 2.06. The molecule has 1 heterocycles. The molecule has 3 aromatic rings. The molecule has 0 aliphatic carbocycles. The first kappa shape index (κ1) is 10.4. The van der Waals surface area contributed by atoms with Gasteiger partial charge in [-0.3, -0.25) is 0 Å². The second-order valence-electron chi connectivity index (χ2n) is 3.96. The monoisotopic (exact) mass is 235 g/mol. The van der Waals surface area contributed by atoms with Crippen LogP contribution >= 0.6 is 0 Å². The fourth-order valence-corrected chi connectivity index (χ4v) is 2.06. The molecular formula is C15H9NO2. The fraction of sp³-hybridized carbons (Fsp3) is 0. The lowest BCUT2D eigenvalue weighted by atomic mass is 10.0. The van der Waals surface area contributed by atoms with Gasteiger partial charge >= 0.3 is 0 Å². The summed E-state index contributed by atoms with van der Waals surface area (Å²) in [5.41, 5.74) is 2.23. The molecule has 0 bridgehead atoms. The molecule has 0 atom stereocenters. The minimum atomic E-state index is 0.157. The molecule has 0 radical (unpaired) electrons. The van der Waals surface area contributed by atoms with Crippen LogP contribution in [-0.2, 0) is 0 Å². The molecule has 3 rings (SSSR count). The van der Waals surface area contributed by atoms with Crippen molar-refractivity contribution in [2.24, 2.45) is 0 Å². The highest BCUT2D eigenvalue weighted by Gasteiger charge is 2.15. The Morgan fingerprint density at radius 3 is 2.56 bits per heavy atom. The van der Waals surface area contributed by atoms with Crippen LogP contribution in [0, 0.1) is 11.3 Å². The third-order valence-electron chi connectivity index (χ3n) is 2.84. The van der Waals surface area contributed by atoms with Crippen LogP contribution in [-0.4, -0.2) is 5.11 Å². The molecular weight excluding hydrogens is 226 g/mol. The van der Waals surface area contributed by atoms with Gasteiger partial charge in [0.05, 0.1) is 0 Å². The minimum absolute atomic E-state index is 0.157. The van der Waals surface area contributed by atoms with Gasteiger partial charge in [0.25, 0.3) is 0 Å². The van der Waals surface area contributed by atoms with Gasteiger partial charge in [0.1, 0.15) is 17.4 Å². The summed E-state index contributed by atoms with van der Waals surface area (Å²) in [6.45, 7) is 0. The molecule has 1 N–H and O–H groups in total. The Morgan fingerprint density at radius 2 is 1.83 bits per heavy atom.